The number of nitrogens with zero attached hydrogens (tertiary/aromatic N) is 2. The summed E-state index contributed by atoms with van der Waals surface area (Å²) in [6, 6.07) is -0.0494. The normalized spacial score (nSPS) is 22.9. The van der Waals surface area contributed by atoms with E-state index in [0.717, 1.165) is 16.5 Å². The number of piperidine rings is 1. The number of thiophene rings is 1. The number of fused-ring (bicyclic) bond motifs is 2. The first-order valence-corrected chi connectivity index (χ1v) is 12.5. The first kappa shape index (κ1) is 27.7. The average Bonchev–Trinajstić information content (AvgIpc) is 3.31. The van der Waals surface area contributed by atoms with E-state index >= 15 is 0 Å². The highest BCUT2D eigenvalue weighted by Gasteiger charge is 2.55. The second-order valence-electron chi connectivity index (χ2n) is 8.79. The second-order valence-corrected chi connectivity index (χ2v) is 9.70. The minimum atomic E-state index is -4.95. The number of rotatable bonds is 3. The molecule has 38 heavy (non-hydrogen) atoms. The van der Waals surface area contributed by atoms with Gasteiger partial charge in [-0.2, -0.15) is 26.3 Å². The Morgan fingerprint density at radius 3 is 2.61 bits per heavy atom. The van der Waals surface area contributed by atoms with Crippen molar-refractivity contribution in [3.63, 3.8) is 0 Å². The van der Waals surface area contributed by atoms with Gasteiger partial charge in [-0.3, -0.25) is 4.79 Å². The van der Waals surface area contributed by atoms with Crippen LogP contribution < -0.4 is 9.47 Å². The number of carbonyl (C=O) groups excluding carboxylic acids is 1. The molecule has 1 N–H and O–H groups in total. The molecule has 2 aliphatic heterocycles. The van der Waals surface area contributed by atoms with Crippen LogP contribution in [0.1, 0.15) is 52.9 Å². The maximum atomic E-state index is 13.9. The van der Waals surface area contributed by atoms with Gasteiger partial charge in [0.25, 0.3) is 5.91 Å². The van der Waals surface area contributed by atoms with Crippen molar-refractivity contribution in [3.8, 4) is 11.6 Å². The summed E-state index contributed by atoms with van der Waals surface area (Å²) in [6.07, 6.45) is -4.94. The van der Waals surface area contributed by atoms with Crippen LogP contribution in [0.5, 0.6) is 11.6 Å². The van der Waals surface area contributed by atoms with Crippen molar-refractivity contribution in [3.05, 3.63) is 51.9 Å². The van der Waals surface area contributed by atoms with E-state index in [2.05, 4.69) is 4.98 Å². The lowest BCUT2D eigenvalue weighted by Crippen LogP contribution is -2.65. The highest BCUT2D eigenvalue weighted by Crippen LogP contribution is 2.42. The second kappa shape index (κ2) is 10.5. The zero-order chi connectivity index (χ0) is 27.7. The summed E-state index contributed by atoms with van der Waals surface area (Å²) in [5, 5.41) is 11.3. The Hall–Kier alpha value is -3.29. The van der Waals surface area contributed by atoms with Gasteiger partial charge in [-0.05, 0) is 31.7 Å². The zero-order valence-electron chi connectivity index (χ0n) is 19.6. The van der Waals surface area contributed by atoms with Crippen molar-refractivity contribution in [2.24, 2.45) is 0 Å². The molecule has 2 aliphatic rings. The zero-order valence-corrected chi connectivity index (χ0v) is 20.5. The third-order valence-electron chi connectivity index (χ3n) is 6.35. The van der Waals surface area contributed by atoms with Crippen LogP contribution in [0.4, 0.5) is 26.3 Å². The van der Waals surface area contributed by atoms with E-state index in [1.165, 1.54) is 0 Å². The number of carbonyl (C=O) groups is 2. The smallest absolute Gasteiger partial charge is 0.425 e. The molecule has 1 saturated heterocycles. The van der Waals surface area contributed by atoms with Crippen molar-refractivity contribution in [2.75, 3.05) is 13.2 Å². The van der Waals surface area contributed by atoms with Crippen LogP contribution in [0.2, 0.25) is 0 Å². The van der Waals surface area contributed by atoms with Crippen molar-refractivity contribution >= 4 is 23.2 Å². The highest BCUT2D eigenvalue weighted by atomic mass is 32.1. The molecule has 0 unspecified atom stereocenters. The van der Waals surface area contributed by atoms with Crippen LogP contribution in [-0.2, 0) is 17.1 Å². The van der Waals surface area contributed by atoms with Crippen LogP contribution >= 0.6 is 11.3 Å². The van der Waals surface area contributed by atoms with Gasteiger partial charge in [0.05, 0.1) is 18.2 Å². The summed E-state index contributed by atoms with van der Waals surface area (Å²) >= 11 is 0.312. The standard InChI is InChI=1S/C24H22F6N2O5S/c25-23(26,27)15-7-9-31-19-18(15)20(33)32-10-5-8-22(21(34)35,16(32)6-3-1-2-4-11-36-19)37-14-12-17(38-13-14)24(28,29)30/h1,3,7,9,12-13,16H,2,4-6,8,10-11H2,(H,34,35)/t16-,22+/m1/s1. The molecule has 0 saturated carbocycles. The number of alkyl halides is 6. The largest absolute Gasteiger partial charge is 0.478 e. The minimum Gasteiger partial charge on any atom is -0.478 e. The molecule has 2 aromatic rings. The Kier molecular flexibility index (Phi) is 7.64. The number of amides is 1. The van der Waals surface area contributed by atoms with Crippen LogP contribution in [-0.4, -0.2) is 51.7 Å². The molecule has 4 rings (SSSR count). The number of carboxylic acids is 1. The van der Waals surface area contributed by atoms with E-state index < -0.39 is 57.8 Å². The van der Waals surface area contributed by atoms with Gasteiger partial charge in [-0.25, -0.2) is 9.78 Å². The monoisotopic (exact) mass is 564 g/mol. The molecule has 1 fully saturated rings. The summed E-state index contributed by atoms with van der Waals surface area (Å²) in [5.74, 6) is -3.61. The maximum absolute atomic E-state index is 13.9. The molecule has 0 aromatic carbocycles. The first-order chi connectivity index (χ1) is 17.8. The Balaban J connectivity index is 1.83. The van der Waals surface area contributed by atoms with Crippen LogP contribution in [0, 0.1) is 0 Å². The molecule has 4 heterocycles. The predicted octanol–water partition coefficient (Wildman–Crippen LogP) is 5.81. The third-order valence-corrected chi connectivity index (χ3v) is 7.31. The van der Waals surface area contributed by atoms with Gasteiger partial charge in [0.15, 0.2) is 0 Å². The Morgan fingerprint density at radius 2 is 1.95 bits per heavy atom. The molecule has 2 atom stereocenters. The molecule has 206 valence electrons. The van der Waals surface area contributed by atoms with Gasteiger partial charge in [-0.1, -0.05) is 12.2 Å². The summed E-state index contributed by atoms with van der Waals surface area (Å²) in [5.41, 5.74) is -4.38. The van der Waals surface area contributed by atoms with E-state index in [0.29, 0.717) is 36.3 Å². The SMILES string of the molecule is O=C1c2c(C(F)(F)F)ccnc2OCCCC=CC[C@H]2N1CCC[C@@]2(Oc1csc(C(F)(F)F)c1)C(=O)O. The van der Waals surface area contributed by atoms with E-state index in [1.807, 2.05) is 0 Å². The molecule has 0 aliphatic carbocycles. The lowest BCUT2D eigenvalue weighted by molar-refractivity contribution is -0.165. The molecule has 0 bridgehead atoms. The van der Waals surface area contributed by atoms with Crippen molar-refractivity contribution in [2.45, 2.75) is 56.1 Å². The van der Waals surface area contributed by atoms with Gasteiger partial charge in [0.2, 0.25) is 11.5 Å². The van der Waals surface area contributed by atoms with Crippen LogP contribution in [0.15, 0.2) is 35.9 Å². The first-order valence-electron chi connectivity index (χ1n) is 11.6. The topological polar surface area (TPSA) is 89.0 Å². The number of carboxylic acid groups (broad SMARTS) is 1. The highest BCUT2D eigenvalue weighted by molar-refractivity contribution is 7.10. The molecule has 0 radical (unpaired) electrons. The lowest BCUT2D eigenvalue weighted by Gasteiger charge is -2.47. The predicted molar refractivity (Wildman–Crippen MR) is 122 cm³/mol. The van der Waals surface area contributed by atoms with E-state index in [-0.39, 0.29) is 38.2 Å². The van der Waals surface area contributed by atoms with Gasteiger partial charge in [0.1, 0.15) is 16.2 Å². The van der Waals surface area contributed by atoms with Crippen LogP contribution in [0.25, 0.3) is 0 Å². The Labute approximate surface area is 216 Å². The Morgan fingerprint density at radius 1 is 1.18 bits per heavy atom. The number of allylic oxidation sites excluding steroid dienone is 1. The lowest BCUT2D eigenvalue weighted by atomic mass is 9.81. The fourth-order valence-corrected chi connectivity index (χ4v) is 5.32. The van der Waals surface area contributed by atoms with Crippen LogP contribution in [0.3, 0.4) is 0 Å². The fraction of sp³-hybridized carbons (Fsp3) is 0.458. The summed E-state index contributed by atoms with van der Waals surface area (Å²) in [7, 11) is 0. The summed E-state index contributed by atoms with van der Waals surface area (Å²) in [6.45, 7) is -0.122. The summed E-state index contributed by atoms with van der Waals surface area (Å²) < 4.78 is 92.4. The molecule has 14 heteroatoms. The van der Waals surface area contributed by atoms with E-state index in [4.69, 9.17) is 9.47 Å². The summed E-state index contributed by atoms with van der Waals surface area (Å²) in [4.78, 5) is 30.2. The maximum Gasteiger partial charge on any atom is 0.425 e. The van der Waals surface area contributed by atoms with Gasteiger partial charge in [-0.15, -0.1) is 11.3 Å². The van der Waals surface area contributed by atoms with Gasteiger partial charge < -0.3 is 19.5 Å². The van der Waals surface area contributed by atoms with Crippen molar-refractivity contribution in [1.29, 1.82) is 0 Å². The molecule has 7 nitrogen and oxygen atoms in total. The quantitative estimate of drug-likeness (QED) is 0.374. The Bertz CT molecular complexity index is 1230. The van der Waals surface area contributed by atoms with E-state index in [9.17, 15) is 41.0 Å². The number of hydrogen-bond donors (Lipinski definition) is 1. The molecule has 0 spiro atoms. The third kappa shape index (κ3) is 5.45. The van der Waals surface area contributed by atoms with Crippen molar-refractivity contribution in [1.82, 2.24) is 9.88 Å². The van der Waals surface area contributed by atoms with Gasteiger partial charge >= 0.3 is 18.3 Å². The molecule has 1 amide bonds. The molecular formula is C24H22F6N2O5S. The number of halogens is 6. The average molecular weight is 565 g/mol. The number of pyridine rings is 1. The van der Waals surface area contributed by atoms with Crippen molar-refractivity contribution < 1.29 is 50.5 Å². The number of aliphatic carboxylic acids is 1. The van der Waals surface area contributed by atoms with Gasteiger partial charge in [0, 0.05) is 30.6 Å². The number of ether oxygens (including phenoxy) is 2. The molecular weight excluding hydrogens is 542 g/mol. The minimum absolute atomic E-state index is 0.00627. The molecule has 2 aromatic heterocycles. The fourth-order valence-electron chi connectivity index (χ4n) is 4.64. The number of aromatic nitrogens is 1. The van der Waals surface area contributed by atoms with E-state index in [1.54, 1.807) is 12.2 Å². The number of hydrogen-bond acceptors (Lipinski definition) is 6.